The molecule has 156 valence electrons. The fraction of sp³-hybridized carbons (Fsp3) is 0.458. The van der Waals surface area contributed by atoms with Gasteiger partial charge >= 0.3 is 0 Å². The molecule has 1 heterocycles. The second kappa shape index (κ2) is 10.9. The Bertz CT molecular complexity index is 751. The molecule has 0 bridgehead atoms. The first-order valence-electron chi connectivity index (χ1n) is 10.5. The Labute approximate surface area is 174 Å². The monoisotopic (exact) mass is 396 g/mol. The highest BCUT2D eigenvalue weighted by Crippen LogP contribution is 2.24. The lowest BCUT2D eigenvalue weighted by atomic mass is 10.0. The number of hydrogen-bond donors (Lipinski definition) is 1. The van der Waals surface area contributed by atoms with Gasteiger partial charge < -0.3 is 14.8 Å². The van der Waals surface area contributed by atoms with Crippen LogP contribution >= 0.6 is 0 Å². The topological polar surface area (TPSA) is 50.8 Å². The number of nitrogens with zero attached hydrogens (tertiary/aromatic N) is 1. The number of carbonyl (C=O) groups is 1. The molecule has 3 rings (SSSR count). The minimum Gasteiger partial charge on any atom is -0.497 e. The Morgan fingerprint density at radius 1 is 0.966 bits per heavy atom. The molecule has 1 N–H and O–H groups in total. The largest absolute Gasteiger partial charge is 0.497 e. The maximum atomic E-state index is 12.4. The highest BCUT2D eigenvalue weighted by molar-refractivity contribution is 5.77. The third-order valence-corrected chi connectivity index (χ3v) is 5.47. The van der Waals surface area contributed by atoms with Crippen molar-refractivity contribution in [1.82, 2.24) is 10.2 Å². The van der Waals surface area contributed by atoms with Gasteiger partial charge in [-0.25, -0.2) is 0 Å². The molecular weight excluding hydrogens is 364 g/mol. The van der Waals surface area contributed by atoms with Crippen molar-refractivity contribution in [3.8, 4) is 11.5 Å². The zero-order valence-corrected chi connectivity index (χ0v) is 17.5. The molecule has 1 saturated heterocycles. The molecule has 0 spiro atoms. The lowest BCUT2D eigenvalue weighted by molar-refractivity contribution is -0.123. The van der Waals surface area contributed by atoms with Gasteiger partial charge in [-0.05, 0) is 62.7 Å². The van der Waals surface area contributed by atoms with Crippen LogP contribution in [-0.2, 0) is 4.79 Å². The van der Waals surface area contributed by atoms with Crippen molar-refractivity contribution >= 4 is 5.91 Å². The number of rotatable bonds is 8. The summed E-state index contributed by atoms with van der Waals surface area (Å²) >= 11 is 0. The normalized spacial score (nSPS) is 15.9. The quantitative estimate of drug-likeness (QED) is 0.729. The standard InChI is InChI=1S/C24H32N2O3/c1-19-7-9-20(10-8-19)23(26-15-5-3-4-6-16-26)17-25-24(27)18-29-22-13-11-21(28-2)12-14-22/h7-14,23H,3-6,15-18H2,1-2H3,(H,25,27)/t23-/m0/s1. The van der Waals surface area contributed by atoms with Crippen LogP contribution in [0, 0.1) is 6.92 Å². The van der Waals surface area contributed by atoms with Gasteiger partial charge in [0.1, 0.15) is 11.5 Å². The smallest absolute Gasteiger partial charge is 0.258 e. The van der Waals surface area contributed by atoms with E-state index in [1.165, 1.54) is 36.8 Å². The third-order valence-electron chi connectivity index (χ3n) is 5.47. The fourth-order valence-corrected chi connectivity index (χ4v) is 3.74. The van der Waals surface area contributed by atoms with Crippen LogP contribution in [0.4, 0.5) is 0 Å². The first-order valence-corrected chi connectivity index (χ1v) is 10.5. The summed E-state index contributed by atoms with van der Waals surface area (Å²) in [6, 6.07) is 16.1. The van der Waals surface area contributed by atoms with E-state index >= 15 is 0 Å². The summed E-state index contributed by atoms with van der Waals surface area (Å²) in [7, 11) is 1.62. The van der Waals surface area contributed by atoms with E-state index in [0.29, 0.717) is 12.3 Å². The molecule has 2 aromatic rings. The number of aryl methyl sites for hydroxylation is 1. The maximum Gasteiger partial charge on any atom is 0.258 e. The second-order valence-corrected chi connectivity index (χ2v) is 7.64. The van der Waals surface area contributed by atoms with E-state index in [9.17, 15) is 4.79 Å². The van der Waals surface area contributed by atoms with Gasteiger partial charge in [-0.2, -0.15) is 0 Å². The molecule has 5 nitrogen and oxygen atoms in total. The summed E-state index contributed by atoms with van der Waals surface area (Å²) < 4.78 is 10.7. The zero-order valence-electron chi connectivity index (χ0n) is 17.5. The van der Waals surface area contributed by atoms with Crippen LogP contribution in [0.5, 0.6) is 11.5 Å². The third kappa shape index (κ3) is 6.50. The Kier molecular flexibility index (Phi) is 7.94. The number of methoxy groups -OCH3 is 1. The Hall–Kier alpha value is -2.53. The van der Waals surface area contributed by atoms with E-state index in [1.807, 2.05) is 12.1 Å². The van der Waals surface area contributed by atoms with Gasteiger partial charge in [-0.1, -0.05) is 42.7 Å². The summed E-state index contributed by atoms with van der Waals surface area (Å²) in [5, 5.41) is 3.08. The lowest BCUT2D eigenvalue weighted by Crippen LogP contribution is -2.40. The number of hydrogen-bond acceptors (Lipinski definition) is 4. The summed E-state index contributed by atoms with van der Waals surface area (Å²) in [5.74, 6) is 1.32. The molecule has 0 unspecified atom stereocenters. The van der Waals surface area contributed by atoms with Crippen molar-refractivity contribution < 1.29 is 14.3 Å². The highest BCUT2D eigenvalue weighted by atomic mass is 16.5. The van der Waals surface area contributed by atoms with Crippen LogP contribution in [0.25, 0.3) is 0 Å². The summed E-state index contributed by atoms with van der Waals surface area (Å²) in [6.45, 7) is 4.86. The Balaban J connectivity index is 1.57. The molecule has 1 aliphatic heterocycles. The van der Waals surface area contributed by atoms with Crippen molar-refractivity contribution in [3.63, 3.8) is 0 Å². The van der Waals surface area contributed by atoms with Crippen molar-refractivity contribution in [1.29, 1.82) is 0 Å². The zero-order chi connectivity index (χ0) is 20.5. The van der Waals surface area contributed by atoms with Gasteiger partial charge in [-0.15, -0.1) is 0 Å². The molecule has 2 aromatic carbocycles. The highest BCUT2D eigenvalue weighted by Gasteiger charge is 2.22. The van der Waals surface area contributed by atoms with Gasteiger partial charge in [0.25, 0.3) is 5.91 Å². The van der Waals surface area contributed by atoms with Crippen molar-refractivity contribution in [3.05, 3.63) is 59.7 Å². The van der Waals surface area contributed by atoms with E-state index in [4.69, 9.17) is 9.47 Å². The van der Waals surface area contributed by atoms with E-state index < -0.39 is 0 Å². The molecule has 5 heteroatoms. The lowest BCUT2D eigenvalue weighted by Gasteiger charge is -2.31. The molecule has 1 aliphatic rings. The van der Waals surface area contributed by atoms with Crippen LogP contribution in [0.1, 0.15) is 42.9 Å². The molecule has 1 fully saturated rings. The molecule has 1 atom stereocenters. The predicted molar refractivity (Wildman–Crippen MR) is 115 cm³/mol. The first-order chi connectivity index (χ1) is 14.2. The molecule has 0 aliphatic carbocycles. The van der Waals surface area contributed by atoms with Crippen LogP contribution in [0.15, 0.2) is 48.5 Å². The fourth-order valence-electron chi connectivity index (χ4n) is 3.74. The maximum absolute atomic E-state index is 12.4. The summed E-state index contributed by atoms with van der Waals surface area (Å²) in [4.78, 5) is 14.9. The molecule has 29 heavy (non-hydrogen) atoms. The Morgan fingerprint density at radius 2 is 1.59 bits per heavy atom. The van der Waals surface area contributed by atoms with Crippen molar-refractivity contribution in [2.24, 2.45) is 0 Å². The van der Waals surface area contributed by atoms with Gasteiger partial charge in [0.15, 0.2) is 6.61 Å². The number of nitrogens with one attached hydrogen (secondary N) is 1. The molecule has 0 saturated carbocycles. The SMILES string of the molecule is COc1ccc(OCC(=O)NC[C@@H](c2ccc(C)cc2)N2CCCCCC2)cc1. The van der Waals surface area contributed by atoms with Gasteiger partial charge in [-0.3, -0.25) is 9.69 Å². The number of ether oxygens (including phenoxy) is 2. The van der Waals surface area contributed by atoms with Crippen molar-refractivity contribution in [2.45, 2.75) is 38.6 Å². The van der Waals surface area contributed by atoms with E-state index in [-0.39, 0.29) is 18.6 Å². The average Bonchev–Trinajstić information content (AvgIpc) is 3.03. The average molecular weight is 397 g/mol. The number of amides is 1. The minimum absolute atomic E-state index is 0.00689. The summed E-state index contributed by atoms with van der Waals surface area (Å²) in [5.41, 5.74) is 2.51. The summed E-state index contributed by atoms with van der Waals surface area (Å²) in [6.07, 6.45) is 5.02. The van der Waals surface area contributed by atoms with Crippen LogP contribution in [0.3, 0.4) is 0 Å². The second-order valence-electron chi connectivity index (χ2n) is 7.64. The molecule has 0 aromatic heterocycles. The van der Waals surface area contributed by atoms with Crippen LogP contribution < -0.4 is 14.8 Å². The molecule has 1 amide bonds. The van der Waals surface area contributed by atoms with E-state index in [1.54, 1.807) is 19.2 Å². The van der Waals surface area contributed by atoms with Gasteiger partial charge in [0, 0.05) is 6.54 Å². The number of carbonyl (C=O) groups excluding carboxylic acids is 1. The first kappa shape index (κ1) is 21.2. The minimum atomic E-state index is -0.104. The van der Waals surface area contributed by atoms with E-state index in [2.05, 4.69) is 41.4 Å². The van der Waals surface area contributed by atoms with Gasteiger partial charge in [0.2, 0.25) is 0 Å². The van der Waals surface area contributed by atoms with Gasteiger partial charge in [0.05, 0.1) is 13.2 Å². The van der Waals surface area contributed by atoms with E-state index in [0.717, 1.165) is 18.8 Å². The predicted octanol–water partition coefficient (Wildman–Crippen LogP) is 4.12. The Morgan fingerprint density at radius 3 is 2.21 bits per heavy atom. The van der Waals surface area contributed by atoms with Crippen LogP contribution in [-0.4, -0.2) is 44.2 Å². The molecular formula is C24H32N2O3. The molecule has 0 radical (unpaired) electrons. The van der Waals surface area contributed by atoms with Crippen LogP contribution in [0.2, 0.25) is 0 Å². The van der Waals surface area contributed by atoms with Crippen molar-refractivity contribution in [2.75, 3.05) is 33.4 Å². The number of likely N-dealkylation sites (tertiary alicyclic amines) is 1. The number of benzene rings is 2.